The van der Waals surface area contributed by atoms with E-state index in [1.165, 1.54) is 25.3 Å². The van der Waals surface area contributed by atoms with Crippen molar-refractivity contribution < 1.29 is 4.79 Å². The van der Waals surface area contributed by atoms with E-state index >= 15 is 0 Å². The molecule has 0 aliphatic carbocycles. The Hall–Kier alpha value is -0.790. The van der Waals surface area contributed by atoms with Gasteiger partial charge >= 0.3 is 0 Å². The van der Waals surface area contributed by atoms with Crippen molar-refractivity contribution in [3.05, 3.63) is 12.7 Å². The molecule has 0 aromatic rings. The molecule has 2 heteroatoms. The van der Waals surface area contributed by atoms with Gasteiger partial charge in [0.1, 0.15) is 0 Å². The van der Waals surface area contributed by atoms with Gasteiger partial charge in [-0.1, -0.05) is 26.3 Å². The molecule has 0 aromatic heterocycles. The van der Waals surface area contributed by atoms with E-state index in [1.807, 2.05) is 4.90 Å². The van der Waals surface area contributed by atoms with Crippen LogP contribution in [0.15, 0.2) is 12.7 Å². The third-order valence-corrected chi connectivity index (χ3v) is 2.83. The summed E-state index contributed by atoms with van der Waals surface area (Å²) in [5.74, 6) is 0.798. The van der Waals surface area contributed by atoms with E-state index in [9.17, 15) is 4.79 Å². The summed E-state index contributed by atoms with van der Waals surface area (Å²) in [5, 5.41) is 0. The van der Waals surface area contributed by atoms with Crippen LogP contribution in [-0.2, 0) is 4.79 Å². The average molecular weight is 181 g/mol. The Balaban J connectivity index is 2.53. The third-order valence-electron chi connectivity index (χ3n) is 2.83. The first-order chi connectivity index (χ1) is 6.27. The summed E-state index contributed by atoms with van der Waals surface area (Å²) in [6.07, 6.45) is 6.30. The van der Waals surface area contributed by atoms with Crippen LogP contribution < -0.4 is 0 Å². The molecule has 0 saturated carbocycles. The van der Waals surface area contributed by atoms with Gasteiger partial charge in [-0.15, -0.1) is 0 Å². The Morgan fingerprint density at radius 1 is 1.62 bits per heavy atom. The Kier molecular flexibility index (Phi) is 4.00. The van der Waals surface area contributed by atoms with Gasteiger partial charge in [-0.3, -0.25) is 4.79 Å². The van der Waals surface area contributed by atoms with Crippen molar-refractivity contribution in [2.75, 3.05) is 13.1 Å². The Labute approximate surface area is 80.6 Å². The molecule has 1 atom stereocenters. The van der Waals surface area contributed by atoms with Crippen LogP contribution in [0.2, 0.25) is 0 Å². The number of nitrogens with zero attached hydrogens (tertiary/aromatic N) is 1. The maximum absolute atomic E-state index is 11.4. The zero-order valence-corrected chi connectivity index (χ0v) is 8.46. The lowest BCUT2D eigenvalue weighted by Crippen LogP contribution is -2.33. The van der Waals surface area contributed by atoms with Crippen LogP contribution in [0.3, 0.4) is 0 Å². The van der Waals surface area contributed by atoms with Gasteiger partial charge in [0.15, 0.2) is 0 Å². The van der Waals surface area contributed by atoms with E-state index in [2.05, 4.69) is 13.5 Å². The van der Waals surface area contributed by atoms with Crippen molar-refractivity contribution in [1.29, 1.82) is 0 Å². The van der Waals surface area contributed by atoms with Gasteiger partial charge in [0.05, 0.1) is 0 Å². The van der Waals surface area contributed by atoms with Gasteiger partial charge in [0, 0.05) is 13.1 Å². The van der Waals surface area contributed by atoms with Gasteiger partial charge in [-0.2, -0.15) is 0 Å². The Morgan fingerprint density at radius 2 is 2.38 bits per heavy atom. The lowest BCUT2D eigenvalue weighted by Gasteiger charge is -2.22. The second kappa shape index (κ2) is 5.05. The highest BCUT2D eigenvalue weighted by Gasteiger charge is 2.18. The molecule has 0 aromatic carbocycles. The van der Waals surface area contributed by atoms with E-state index in [4.69, 9.17) is 0 Å². The normalized spacial score (nSPS) is 23.8. The van der Waals surface area contributed by atoms with E-state index in [0.717, 1.165) is 19.5 Å². The van der Waals surface area contributed by atoms with Crippen molar-refractivity contribution in [1.82, 2.24) is 4.90 Å². The van der Waals surface area contributed by atoms with Crippen LogP contribution in [0, 0.1) is 5.92 Å². The number of carbonyl (C=O) groups excluding carboxylic acids is 1. The van der Waals surface area contributed by atoms with Crippen LogP contribution in [0.25, 0.3) is 0 Å². The van der Waals surface area contributed by atoms with E-state index in [1.54, 1.807) is 0 Å². The third kappa shape index (κ3) is 2.87. The molecule has 1 amide bonds. The Bertz CT molecular complexity index is 189. The highest BCUT2D eigenvalue weighted by Crippen LogP contribution is 2.18. The van der Waals surface area contributed by atoms with E-state index in [0.29, 0.717) is 5.92 Å². The number of hydrogen-bond donors (Lipinski definition) is 0. The van der Waals surface area contributed by atoms with Crippen molar-refractivity contribution in [3.8, 4) is 0 Å². The summed E-state index contributed by atoms with van der Waals surface area (Å²) in [6, 6.07) is 0. The molecule has 0 N–H and O–H groups in total. The zero-order valence-electron chi connectivity index (χ0n) is 8.46. The number of hydrogen-bond acceptors (Lipinski definition) is 1. The largest absolute Gasteiger partial charge is 0.339 e. The maximum atomic E-state index is 11.4. The first kappa shape index (κ1) is 10.3. The maximum Gasteiger partial charge on any atom is 0.245 e. The molecule has 0 radical (unpaired) electrons. The molecule has 1 fully saturated rings. The fourth-order valence-electron chi connectivity index (χ4n) is 1.89. The minimum Gasteiger partial charge on any atom is -0.339 e. The first-order valence-electron chi connectivity index (χ1n) is 5.19. The fraction of sp³-hybridized carbons (Fsp3) is 0.727. The molecule has 74 valence electrons. The smallest absolute Gasteiger partial charge is 0.245 e. The van der Waals surface area contributed by atoms with Crippen LogP contribution in [0.1, 0.15) is 32.6 Å². The standard InChI is InChI=1S/C11H19NO/c1-3-10-7-5-6-8-12(9-10)11(13)4-2/h4,10H,2-3,5-9H2,1H3/t10-/m1/s1. The van der Waals surface area contributed by atoms with Crippen molar-refractivity contribution in [2.45, 2.75) is 32.6 Å². The van der Waals surface area contributed by atoms with Gasteiger partial charge < -0.3 is 4.90 Å². The minimum absolute atomic E-state index is 0.0975. The van der Waals surface area contributed by atoms with E-state index < -0.39 is 0 Å². The fourth-order valence-corrected chi connectivity index (χ4v) is 1.89. The van der Waals surface area contributed by atoms with Crippen LogP contribution in [0.5, 0.6) is 0 Å². The SMILES string of the molecule is C=CC(=O)N1CCCC[C@@H](CC)C1. The molecule has 13 heavy (non-hydrogen) atoms. The first-order valence-corrected chi connectivity index (χ1v) is 5.19. The lowest BCUT2D eigenvalue weighted by atomic mass is 10.0. The number of rotatable bonds is 2. The molecular weight excluding hydrogens is 162 g/mol. The van der Waals surface area contributed by atoms with Crippen molar-refractivity contribution in [2.24, 2.45) is 5.92 Å². The number of likely N-dealkylation sites (tertiary alicyclic amines) is 1. The molecular formula is C11H19NO. The molecule has 0 spiro atoms. The zero-order chi connectivity index (χ0) is 9.68. The van der Waals surface area contributed by atoms with Gasteiger partial charge in [0.25, 0.3) is 0 Å². The van der Waals surface area contributed by atoms with Crippen LogP contribution in [0.4, 0.5) is 0 Å². The second-order valence-corrected chi connectivity index (χ2v) is 3.76. The Morgan fingerprint density at radius 3 is 3.00 bits per heavy atom. The summed E-state index contributed by atoms with van der Waals surface area (Å²) in [7, 11) is 0. The molecule has 1 aliphatic heterocycles. The predicted molar refractivity (Wildman–Crippen MR) is 54.4 cm³/mol. The summed E-state index contributed by atoms with van der Waals surface area (Å²) in [6.45, 7) is 7.58. The molecule has 2 nitrogen and oxygen atoms in total. The summed E-state index contributed by atoms with van der Waals surface area (Å²) < 4.78 is 0. The van der Waals surface area contributed by atoms with Gasteiger partial charge in [-0.25, -0.2) is 0 Å². The molecule has 1 aliphatic rings. The average Bonchev–Trinajstić information content (AvgIpc) is 2.41. The molecule has 0 bridgehead atoms. The molecule has 0 unspecified atom stereocenters. The molecule has 1 saturated heterocycles. The lowest BCUT2D eigenvalue weighted by molar-refractivity contribution is -0.126. The highest BCUT2D eigenvalue weighted by atomic mass is 16.2. The van der Waals surface area contributed by atoms with Gasteiger partial charge in [-0.05, 0) is 24.8 Å². The highest BCUT2D eigenvalue weighted by molar-refractivity contribution is 5.86. The quantitative estimate of drug-likeness (QED) is 0.598. The summed E-state index contributed by atoms with van der Waals surface area (Å²) in [5.41, 5.74) is 0. The predicted octanol–water partition coefficient (Wildman–Crippen LogP) is 2.21. The summed E-state index contributed by atoms with van der Waals surface area (Å²) in [4.78, 5) is 13.3. The van der Waals surface area contributed by atoms with Crippen molar-refractivity contribution in [3.63, 3.8) is 0 Å². The topological polar surface area (TPSA) is 20.3 Å². The van der Waals surface area contributed by atoms with Crippen molar-refractivity contribution >= 4 is 5.91 Å². The monoisotopic (exact) mass is 181 g/mol. The minimum atomic E-state index is 0.0975. The van der Waals surface area contributed by atoms with Gasteiger partial charge in [0.2, 0.25) is 5.91 Å². The molecule has 1 heterocycles. The second-order valence-electron chi connectivity index (χ2n) is 3.76. The number of carbonyl (C=O) groups is 1. The van der Waals surface area contributed by atoms with Crippen LogP contribution >= 0.6 is 0 Å². The van der Waals surface area contributed by atoms with E-state index in [-0.39, 0.29) is 5.91 Å². The van der Waals surface area contributed by atoms with Crippen LogP contribution in [-0.4, -0.2) is 23.9 Å². The molecule has 1 rings (SSSR count). The number of amides is 1. The summed E-state index contributed by atoms with van der Waals surface area (Å²) >= 11 is 0.